The number of nitrogens with zero attached hydrogens (tertiary/aromatic N) is 2. The first kappa shape index (κ1) is 95.7. The summed E-state index contributed by atoms with van der Waals surface area (Å²) in [6, 6.07) is 50.3. The zero-order valence-corrected chi connectivity index (χ0v) is 66.2. The first-order valence-corrected chi connectivity index (χ1v) is 38.8. The third-order valence-corrected chi connectivity index (χ3v) is 17.2. The van der Waals surface area contributed by atoms with Crippen LogP contribution in [0.2, 0.25) is 10.0 Å². The molecule has 7 aromatic carbocycles. The van der Waals surface area contributed by atoms with E-state index in [0.717, 1.165) is 16.7 Å². The number of alkyl carbamates (subject to hydrolysis) is 3. The van der Waals surface area contributed by atoms with E-state index in [0.29, 0.717) is 36.5 Å². The Hall–Kier alpha value is -10.5. The van der Waals surface area contributed by atoms with E-state index in [1.54, 1.807) is 48.5 Å². The molecule has 0 fully saturated rings. The molecule has 7 aromatic rings. The summed E-state index contributed by atoms with van der Waals surface area (Å²) in [5, 5.41) is 58.2. The second-order valence-electron chi connectivity index (χ2n) is 25.2. The number of Topliss-reactive ketones (excluding diaryl/α,β-unsaturated/α-hetero) is 1. The SMILES string of the molecule is CC(C)C[C@H](NC(=O)OCc1ccccc1)C(=O)NCC(=O)CNS(=O)Oc1ccc(Oc2cccc(Cl)c2C#N)cc1.CC(C)C[C@H](NC(=O)OCc1ccccc1)C(=O)NCC(O)CN.CC(C)C[C@H](NC(=O)OCc1ccccc1)C(=O)O.N#Cc1c(Cl)cccc1Oc1ccc(S(=O)(=O)Cl)cc1.NCC(O)CN. The number of carbonyl (C=O) groups is 7. The van der Waals surface area contributed by atoms with E-state index in [9.17, 15) is 56.6 Å². The number of ketones is 1. The lowest BCUT2D eigenvalue weighted by Crippen LogP contribution is -2.49. The molecule has 0 aliphatic carbocycles. The zero-order valence-electron chi connectivity index (χ0n) is 62.3. The number of benzene rings is 7. The number of ether oxygens (including phenoxy) is 5. The number of nitrogens with two attached hydrogens (primary N) is 3. The lowest BCUT2D eigenvalue weighted by molar-refractivity contribution is -0.139. The number of aliphatic hydroxyl groups is 2. The van der Waals surface area contributed by atoms with Crippen molar-refractivity contribution in [2.24, 2.45) is 35.0 Å². The number of amides is 5. The highest BCUT2D eigenvalue weighted by atomic mass is 35.7. The minimum atomic E-state index is -3.77. The number of hydrogen-bond acceptors (Lipinski definition) is 23. The van der Waals surface area contributed by atoms with E-state index < -0.39 is 86.6 Å². The van der Waals surface area contributed by atoms with Crippen LogP contribution in [0.5, 0.6) is 28.7 Å². The summed E-state index contributed by atoms with van der Waals surface area (Å²) < 4.78 is 68.7. The number of aliphatic hydroxyl groups excluding tert-OH is 2. The van der Waals surface area contributed by atoms with E-state index in [4.69, 9.17) is 94.4 Å². The fraction of sp³-hybridized carbons (Fsp3) is 0.338. The third-order valence-electron chi connectivity index (χ3n) is 14.5. The molecule has 2 unspecified atom stereocenters. The summed E-state index contributed by atoms with van der Waals surface area (Å²) in [5.41, 5.74) is 18.1. The summed E-state index contributed by atoms with van der Waals surface area (Å²) in [6.45, 7) is 11.7. The smallest absolute Gasteiger partial charge is 0.408 e. The number of carboxylic acids is 1. The Morgan fingerprint density at radius 2 is 0.848 bits per heavy atom. The van der Waals surface area contributed by atoms with Crippen molar-refractivity contribution in [2.75, 3.05) is 39.3 Å². The molecule has 604 valence electrons. The van der Waals surface area contributed by atoms with Crippen LogP contribution in [0.15, 0.2) is 181 Å². The second-order valence-corrected chi connectivity index (χ2v) is 29.5. The highest BCUT2D eigenvalue weighted by molar-refractivity contribution is 8.13. The van der Waals surface area contributed by atoms with Gasteiger partial charge in [0.15, 0.2) is 5.78 Å². The van der Waals surface area contributed by atoms with Gasteiger partial charge in [-0.2, -0.15) is 19.5 Å². The molecule has 0 aliphatic rings. The summed E-state index contributed by atoms with van der Waals surface area (Å²) in [6.07, 6.45) is -2.26. The Labute approximate surface area is 668 Å². The maximum atomic E-state index is 12.7. The Morgan fingerprint density at radius 1 is 0.491 bits per heavy atom. The molecule has 15 N–H and O–H groups in total. The predicted molar refractivity (Wildman–Crippen MR) is 422 cm³/mol. The lowest BCUT2D eigenvalue weighted by atomic mass is 10.0. The number of nitrogens with one attached hydrogen (secondary N) is 6. The Bertz CT molecular complexity index is 4280. The Kier molecular flexibility index (Phi) is 45.0. The number of rotatable bonds is 35. The number of halogens is 3. The van der Waals surface area contributed by atoms with E-state index in [-0.39, 0.29) is 120 Å². The topological polar surface area (TPSA) is 485 Å². The summed E-state index contributed by atoms with van der Waals surface area (Å²) in [5.74, 6) is -0.393. The van der Waals surface area contributed by atoms with Crippen molar-refractivity contribution in [3.63, 3.8) is 0 Å². The number of nitriles is 2. The van der Waals surface area contributed by atoms with Gasteiger partial charge < -0.3 is 87.0 Å². The van der Waals surface area contributed by atoms with Crippen LogP contribution < -0.4 is 62.2 Å². The second kappa shape index (κ2) is 52.7. The van der Waals surface area contributed by atoms with E-state index in [2.05, 4.69) is 31.3 Å². The van der Waals surface area contributed by atoms with Gasteiger partial charge in [0.05, 0.1) is 40.2 Å². The Balaban J connectivity index is 0.000000400. The molecule has 112 heavy (non-hydrogen) atoms. The van der Waals surface area contributed by atoms with Gasteiger partial charge in [-0.3, -0.25) is 14.4 Å². The van der Waals surface area contributed by atoms with Crippen molar-refractivity contribution in [2.45, 2.75) is 116 Å². The van der Waals surface area contributed by atoms with E-state index >= 15 is 0 Å². The summed E-state index contributed by atoms with van der Waals surface area (Å²) >= 11 is 9.84. The number of carboxylic acid groups (broad SMARTS) is 1. The predicted octanol–water partition coefficient (Wildman–Crippen LogP) is 9.95. The van der Waals surface area contributed by atoms with Gasteiger partial charge in [-0.1, -0.05) is 168 Å². The minimum absolute atomic E-state index is 0.0295. The number of hydrogen-bond donors (Lipinski definition) is 12. The first-order chi connectivity index (χ1) is 53.3. The molecule has 0 bridgehead atoms. The molecule has 0 spiro atoms. The molecule has 5 atom stereocenters. The molecular formula is C77H94Cl3N11O19S2. The average Bonchev–Trinajstić information content (AvgIpc) is 0.851. The van der Waals surface area contributed by atoms with Crippen molar-refractivity contribution < 1.29 is 89.4 Å². The van der Waals surface area contributed by atoms with Gasteiger partial charge in [-0.25, -0.2) is 27.6 Å². The highest BCUT2D eigenvalue weighted by Gasteiger charge is 2.26. The average molecular weight is 1650 g/mol. The fourth-order valence-electron chi connectivity index (χ4n) is 8.85. The molecule has 35 heteroatoms. The van der Waals surface area contributed by atoms with Crippen LogP contribution in [0.1, 0.15) is 88.6 Å². The standard InChI is InChI=1S/C30H31ClN4O7S.C17H27N3O4.C14H19NO4.C13H7Cl2NO3S.C3H10N2O/c1-20(2)15-27(35-30(38)40-19-21-7-4-3-5-8-21)29(37)33-17-22(36)18-34-43(39)42-24-13-11-23(12-14-24)41-28-10-6-9-26(31)25(28)16-32;1-12(2)8-15(16(22)19-10-14(21)9-18)20-17(23)24-11-13-6-4-3-5-7-13;1-10(2)8-12(13(16)17)15-14(18)19-9-11-6-4-3-5-7-11;14-12-2-1-3-13(11(12)8-16)19-9-4-6-10(7-5-9)20(15,17)18;4-1-3(6)2-5/h3-14,20,27,34H,15,17-19H2,1-2H3,(H,33,37)(H,35,38);3-7,12,14-15,21H,8-11,18H2,1-2H3,(H,19,22)(H,20,23);3-7,10,12H,8-9H2,1-2H3,(H,15,18)(H,16,17);1-7H;3,6H,1-2,4-5H2/t27-,43?;14?,15-;12-;;/m000../s1. The third kappa shape index (κ3) is 40.0. The normalized spacial score (nSPS) is 11.9. The molecule has 0 saturated carbocycles. The van der Waals surface area contributed by atoms with Crippen molar-refractivity contribution >= 4 is 96.0 Å². The van der Waals surface area contributed by atoms with Gasteiger partial charge in [0.2, 0.25) is 11.8 Å². The minimum Gasteiger partial charge on any atom is -0.480 e. The van der Waals surface area contributed by atoms with E-state index in [1.807, 2.05) is 145 Å². The van der Waals surface area contributed by atoms with Crippen LogP contribution in [0, 0.1) is 40.4 Å². The summed E-state index contributed by atoms with van der Waals surface area (Å²) in [4.78, 5) is 83.8. The van der Waals surface area contributed by atoms with Gasteiger partial charge >= 0.3 is 24.2 Å². The number of carbonyl (C=O) groups excluding carboxylic acids is 6. The molecule has 0 radical (unpaired) electrons. The fourth-order valence-corrected chi connectivity index (χ4v) is 10.7. The van der Waals surface area contributed by atoms with E-state index in [1.165, 1.54) is 36.4 Å². The molecule has 0 saturated heterocycles. The maximum absolute atomic E-state index is 12.7. The van der Waals surface area contributed by atoms with Gasteiger partial charge in [-0.15, -0.1) is 0 Å². The van der Waals surface area contributed by atoms with Crippen molar-refractivity contribution in [3.05, 3.63) is 214 Å². The first-order valence-electron chi connectivity index (χ1n) is 34.7. The molecule has 7 rings (SSSR count). The molecule has 0 heterocycles. The maximum Gasteiger partial charge on any atom is 0.408 e. The van der Waals surface area contributed by atoms with Crippen LogP contribution >= 0.6 is 33.9 Å². The van der Waals surface area contributed by atoms with Crippen molar-refractivity contribution in [3.8, 4) is 40.9 Å². The van der Waals surface area contributed by atoms with Gasteiger partial charge in [0.1, 0.15) is 90.0 Å². The molecule has 0 aromatic heterocycles. The van der Waals surface area contributed by atoms with Gasteiger partial charge in [-0.05, 0) is 127 Å². The number of aliphatic carboxylic acids is 1. The van der Waals surface area contributed by atoms with Gasteiger partial charge in [0, 0.05) is 36.9 Å². The monoisotopic (exact) mass is 1650 g/mol. The molecule has 5 amide bonds. The largest absolute Gasteiger partial charge is 0.480 e. The molecule has 0 aliphatic heterocycles. The lowest BCUT2D eigenvalue weighted by Gasteiger charge is -2.20. The van der Waals surface area contributed by atoms with Crippen LogP contribution in [0.4, 0.5) is 14.4 Å². The van der Waals surface area contributed by atoms with Crippen molar-refractivity contribution in [1.82, 2.24) is 31.3 Å². The quantitative estimate of drug-likeness (QED) is 0.0130. The highest BCUT2D eigenvalue weighted by Crippen LogP contribution is 2.32. The molecular weight excluding hydrogens is 1550 g/mol. The van der Waals surface area contributed by atoms with Crippen LogP contribution in [0.3, 0.4) is 0 Å². The van der Waals surface area contributed by atoms with Crippen LogP contribution in [-0.4, -0.2) is 139 Å². The van der Waals surface area contributed by atoms with Crippen molar-refractivity contribution in [1.29, 1.82) is 10.5 Å². The Morgan fingerprint density at radius 3 is 1.20 bits per heavy atom. The zero-order chi connectivity index (χ0) is 83.1. The van der Waals surface area contributed by atoms with Crippen LogP contribution in [0.25, 0.3) is 0 Å². The van der Waals surface area contributed by atoms with Gasteiger partial charge in [0.25, 0.3) is 20.3 Å². The summed E-state index contributed by atoms with van der Waals surface area (Å²) in [7, 11) is 1.44. The van der Waals surface area contributed by atoms with Crippen LogP contribution in [-0.2, 0) is 73.5 Å². The molecule has 30 nitrogen and oxygen atoms in total.